The fourth-order valence-electron chi connectivity index (χ4n) is 1.87. The summed E-state index contributed by atoms with van der Waals surface area (Å²) in [7, 11) is 0. The Bertz CT molecular complexity index is 428. The molecule has 2 heterocycles. The molecule has 0 aliphatic carbocycles. The maximum atomic E-state index is 11.6. The second kappa shape index (κ2) is 4.95. The third-order valence-corrected chi connectivity index (χ3v) is 2.85. The topological polar surface area (TPSA) is 70.5 Å². The number of carboxylic acid groups (broad SMARTS) is 1. The zero-order valence-electron chi connectivity index (χ0n) is 9.43. The number of likely N-dealkylation sites (tertiary alicyclic amines) is 1. The summed E-state index contributed by atoms with van der Waals surface area (Å²) in [5.74, 6) is -0.835. The lowest BCUT2D eigenvalue weighted by molar-refractivity contribution is -0.133. The molecule has 5 nitrogen and oxygen atoms in total. The highest BCUT2D eigenvalue weighted by Crippen LogP contribution is 2.13. The van der Waals surface area contributed by atoms with Crippen LogP contribution < -0.4 is 0 Å². The monoisotopic (exact) mass is 234 g/mol. The molecule has 1 aromatic heterocycles. The molecule has 0 aromatic carbocycles. The highest BCUT2D eigenvalue weighted by atomic mass is 16.4. The van der Waals surface area contributed by atoms with Crippen LogP contribution in [0.5, 0.6) is 0 Å². The van der Waals surface area contributed by atoms with Gasteiger partial charge in [0.15, 0.2) is 0 Å². The van der Waals surface area contributed by atoms with Crippen molar-refractivity contribution in [2.75, 3.05) is 6.54 Å². The minimum absolute atomic E-state index is 0.153. The standard InChI is InChI=1S/C12H14N2O3/c15-11-3-1-2-6-14(11)8-10-5-4-9(7-13-10)12(16)17/h4-5,7H,1-3,6,8H2,(H,16,17). The second-order valence-corrected chi connectivity index (χ2v) is 4.12. The molecule has 0 saturated carbocycles. The molecule has 17 heavy (non-hydrogen) atoms. The largest absolute Gasteiger partial charge is 0.478 e. The molecule has 0 atom stereocenters. The van der Waals surface area contributed by atoms with Crippen molar-refractivity contribution in [3.8, 4) is 0 Å². The zero-order valence-corrected chi connectivity index (χ0v) is 9.43. The van der Waals surface area contributed by atoms with Gasteiger partial charge in [-0.05, 0) is 25.0 Å². The Kier molecular flexibility index (Phi) is 3.37. The van der Waals surface area contributed by atoms with Crippen molar-refractivity contribution in [1.29, 1.82) is 0 Å². The molecule has 90 valence electrons. The van der Waals surface area contributed by atoms with Gasteiger partial charge in [0.2, 0.25) is 5.91 Å². The predicted octanol–water partition coefficient (Wildman–Crippen LogP) is 1.29. The van der Waals surface area contributed by atoms with Crippen LogP contribution in [0.4, 0.5) is 0 Å². The number of hydrogen-bond donors (Lipinski definition) is 1. The van der Waals surface area contributed by atoms with Gasteiger partial charge in [-0.2, -0.15) is 0 Å². The van der Waals surface area contributed by atoms with Gasteiger partial charge in [-0.1, -0.05) is 0 Å². The van der Waals surface area contributed by atoms with E-state index in [9.17, 15) is 9.59 Å². The fourth-order valence-corrected chi connectivity index (χ4v) is 1.87. The average molecular weight is 234 g/mol. The van der Waals surface area contributed by atoms with E-state index in [1.54, 1.807) is 11.0 Å². The molecule has 5 heteroatoms. The molecule has 1 aliphatic heterocycles. The van der Waals surface area contributed by atoms with Gasteiger partial charge in [-0.25, -0.2) is 4.79 Å². The van der Waals surface area contributed by atoms with Crippen LogP contribution in [0, 0.1) is 0 Å². The minimum Gasteiger partial charge on any atom is -0.478 e. The number of nitrogens with zero attached hydrogens (tertiary/aromatic N) is 2. The van der Waals surface area contributed by atoms with Gasteiger partial charge in [0, 0.05) is 19.2 Å². The summed E-state index contributed by atoms with van der Waals surface area (Å²) >= 11 is 0. The molecule has 1 amide bonds. The van der Waals surface area contributed by atoms with Gasteiger partial charge in [0.1, 0.15) is 0 Å². The summed E-state index contributed by atoms with van der Waals surface area (Å²) in [6.45, 7) is 1.24. The molecule has 0 radical (unpaired) electrons. The van der Waals surface area contributed by atoms with Crippen molar-refractivity contribution in [3.05, 3.63) is 29.6 Å². The third-order valence-electron chi connectivity index (χ3n) is 2.85. The minimum atomic E-state index is -0.988. The van der Waals surface area contributed by atoms with E-state index in [1.165, 1.54) is 12.3 Å². The number of piperidine rings is 1. The Balaban J connectivity index is 2.03. The van der Waals surface area contributed by atoms with Crippen LogP contribution in [0.15, 0.2) is 18.3 Å². The SMILES string of the molecule is O=C(O)c1ccc(CN2CCCCC2=O)nc1. The smallest absolute Gasteiger partial charge is 0.337 e. The van der Waals surface area contributed by atoms with Gasteiger partial charge >= 0.3 is 5.97 Å². The van der Waals surface area contributed by atoms with E-state index in [4.69, 9.17) is 5.11 Å². The van der Waals surface area contributed by atoms with Gasteiger partial charge in [0.25, 0.3) is 0 Å². The highest BCUT2D eigenvalue weighted by Gasteiger charge is 2.18. The van der Waals surface area contributed by atoms with Crippen LogP contribution in [0.1, 0.15) is 35.3 Å². The predicted molar refractivity (Wildman–Crippen MR) is 60.5 cm³/mol. The van der Waals surface area contributed by atoms with Gasteiger partial charge in [0.05, 0.1) is 17.8 Å². The Morgan fingerprint density at radius 2 is 2.24 bits per heavy atom. The quantitative estimate of drug-likeness (QED) is 0.855. The van der Waals surface area contributed by atoms with Crippen molar-refractivity contribution in [2.45, 2.75) is 25.8 Å². The Morgan fingerprint density at radius 1 is 1.41 bits per heavy atom. The van der Waals surface area contributed by atoms with Crippen molar-refractivity contribution in [1.82, 2.24) is 9.88 Å². The highest BCUT2D eigenvalue weighted by molar-refractivity contribution is 5.87. The molecule has 0 bridgehead atoms. The van der Waals surface area contributed by atoms with Crippen LogP contribution in [0.25, 0.3) is 0 Å². The fraction of sp³-hybridized carbons (Fsp3) is 0.417. The molecule has 2 rings (SSSR count). The van der Waals surface area contributed by atoms with Gasteiger partial charge in [-0.15, -0.1) is 0 Å². The summed E-state index contributed by atoms with van der Waals surface area (Å²) in [6.07, 6.45) is 3.92. The number of carbonyl (C=O) groups is 2. The molecule has 1 N–H and O–H groups in total. The first-order valence-corrected chi connectivity index (χ1v) is 5.63. The van der Waals surface area contributed by atoms with Crippen LogP contribution in [0.2, 0.25) is 0 Å². The third kappa shape index (κ3) is 2.81. The summed E-state index contributed by atoms with van der Waals surface area (Å²) in [5, 5.41) is 8.73. The Labute approximate surface area is 99.1 Å². The number of rotatable bonds is 3. The maximum Gasteiger partial charge on any atom is 0.337 e. The maximum absolute atomic E-state index is 11.6. The normalized spacial score (nSPS) is 16.0. The summed E-state index contributed by atoms with van der Waals surface area (Å²) in [4.78, 5) is 28.1. The lowest BCUT2D eigenvalue weighted by atomic mass is 10.1. The summed E-state index contributed by atoms with van der Waals surface area (Å²) < 4.78 is 0. The van der Waals surface area contributed by atoms with E-state index in [0.29, 0.717) is 13.0 Å². The lowest BCUT2D eigenvalue weighted by Crippen LogP contribution is -2.34. The molecule has 1 aromatic rings. The number of aromatic nitrogens is 1. The van der Waals surface area contributed by atoms with Crippen LogP contribution in [-0.2, 0) is 11.3 Å². The van der Waals surface area contributed by atoms with E-state index < -0.39 is 5.97 Å². The number of aromatic carboxylic acids is 1. The first-order valence-electron chi connectivity index (χ1n) is 5.63. The molecular formula is C12H14N2O3. The van der Waals surface area contributed by atoms with E-state index in [-0.39, 0.29) is 11.5 Å². The molecule has 1 saturated heterocycles. The van der Waals surface area contributed by atoms with E-state index >= 15 is 0 Å². The lowest BCUT2D eigenvalue weighted by Gasteiger charge is -2.26. The number of amides is 1. The van der Waals surface area contributed by atoms with Gasteiger partial charge < -0.3 is 10.0 Å². The summed E-state index contributed by atoms with van der Waals surface area (Å²) in [5.41, 5.74) is 0.893. The molecule has 0 unspecified atom stereocenters. The first kappa shape index (κ1) is 11.6. The second-order valence-electron chi connectivity index (χ2n) is 4.12. The van der Waals surface area contributed by atoms with Gasteiger partial charge in [-0.3, -0.25) is 9.78 Å². The van der Waals surface area contributed by atoms with Crippen molar-refractivity contribution >= 4 is 11.9 Å². The number of carboxylic acids is 1. The average Bonchev–Trinajstić information content (AvgIpc) is 2.33. The molecule has 1 fully saturated rings. The van der Waals surface area contributed by atoms with Crippen molar-refractivity contribution < 1.29 is 14.7 Å². The summed E-state index contributed by atoms with van der Waals surface area (Å²) in [6, 6.07) is 3.17. The molecular weight excluding hydrogens is 220 g/mol. The Hall–Kier alpha value is -1.91. The number of carbonyl (C=O) groups excluding carboxylic acids is 1. The van der Waals surface area contributed by atoms with Crippen molar-refractivity contribution in [2.24, 2.45) is 0 Å². The van der Waals surface area contributed by atoms with Crippen LogP contribution in [-0.4, -0.2) is 33.4 Å². The molecule has 1 aliphatic rings. The first-order chi connectivity index (χ1) is 8.16. The van der Waals surface area contributed by atoms with E-state index in [2.05, 4.69) is 4.98 Å². The van der Waals surface area contributed by atoms with Crippen LogP contribution >= 0.6 is 0 Å². The van der Waals surface area contributed by atoms with E-state index in [1.807, 2.05) is 0 Å². The number of hydrogen-bond acceptors (Lipinski definition) is 3. The zero-order chi connectivity index (χ0) is 12.3. The number of pyridine rings is 1. The van der Waals surface area contributed by atoms with E-state index in [0.717, 1.165) is 25.1 Å². The van der Waals surface area contributed by atoms with Crippen LogP contribution in [0.3, 0.4) is 0 Å². The molecule has 0 spiro atoms. The van der Waals surface area contributed by atoms with Crippen molar-refractivity contribution in [3.63, 3.8) is 0 Å². The Morgan fingerprint density at radius 3 is 2.82 bits per heavy atom.